The van der Waals surface area contributed by atoms with Gasteiger partial charge in [0.25, 0.3) is 0 Å². The molecule has 4 heteroatoms. The Hall–Kier alpha value is 0.360. The van der Waals surface area contributed by atoms with Crippen molar-refractivity contribution in [2.24, 2.45) is 0 Å². The summed E-state index contributed by atoms with van der Waals surface area (Å²) in [7, 11) is 0. The Balaban J connectivity index is 3.03. The first-order chi connectivity index (χ1) is 3.79. The van der Waals surface area contributed by atoms with E-state index in [-0.39, 0.29) is 0 Å². The van der Waals surface area contributed by atoms with Crippen LogP contribution < -0.4 is 4.98 Å². The average molecular weight is 331 g/mol. The monoisotopic (exact) mass is 331 g/mol. The summed E-state index contributed by atoms with van der Waals surface area (Å²) in [5.74, 6) is 0. The molecule has 0 fully saturated rings. The average Bonchev–Trinajstić information content (AvgIpc) is 1.77. The van der Waals surface area contributed by atoms with Crippen molar-refractivity contribution in [2.75, 3.05) is 0 Å². The molecular weight excluding hydrogens is 330 g/mol. The molecule has 0 bridgehead atoms. The molecule has 0 saturated heterocycles. The second kappa shape index (κ2) is 2.77. The highest BCUT2D eigenvalue weighted by molar-refractivity contribution is 14.1. The fourth-order valence-electron chi connectivity index (χ4n) is 0.267. The third kappa shape index (κ3) is 1.70. The fourth-order valence-corrected chi connectivity index (χ4v) is 0.787. The lowest BCUT2D eigenvalue weighted by molar-refractivity contribution is -0.313. The predicted octanol–water partition coefficient (Wildman–Crippen LogP) is 0.691. The van der Waals surface area contributed by atoms with Gasteiger partial charge >= 0.3 is 9.90 Å². The summed E-state index contributed by atoms with van der Waals surface area (Å²) in [6.07, 6.45) is 4.42. The molecule has 1 rings (SSSR count). The van der Waals surface area contributed by atoms with E-state index in [9.17, 15) is 0 Å². The van der Waals surface area contributed by atoms with E-state index >= 15 is 0 Å². The highest BCUT2D eigenvalue weighted by Crippen LogP contribution is 1.93. The van der Waals surface area contributed by atoms with Gasteiger partial charge in [0, 0.05) is 0 Å². The van der Waals surface area contributed by atoms with Crippen LogP contribution in [0, 0.1) is 13.6 Å². The van der Waals surface area contributed by atoms with E-state index in [1.807, 2.05) is 0 Å². The minimum atomic E-state index is 0.808. The van der Waals surface area contributed by atoms with E-state index in [0.717, 1.165) is 7.40 Å². The van der Waals surface area contributed by atoms with Crippen LogP contribution in [0.2, 0.25) is 0 Å². The van der Waals surface area contributed by atoms with Gasteiger partial charge in [0.05, 0.1) is 22.6 Å². The van der Waals surface area contributed by atoms with Crippen LogP contribution in [0.15, 0.2) is 6.20 Å². The van der Waals surface area contributed by atoms with Crippen LogP contribution in [-0.4, -0.2) is 4.98 Å². The zero-order valence-corrected chi connectivity index (χ0v) is 8.04. The number of rotatable bonds is 0. The van der Waals surface area contributed by atoms with Crippen LogP contribution in [-0.2, 0) is 0 Å². The Morgan fingerprint density at radius 1 is 1.62 bits per heavy atom. The summed E-state index contributed by atoms with van der Waals surface area (Å²) in [5.41, 5.74) is 0. The second-order valence-electron chi connectivity index (χ2n) is 1.10. The van der Waals surface area contributed by atoms with E-state index in [2.05, 4.69) is 61.3 Å². The lowest BCUT2D eigenvalue weighted by Crippen LogP contribution is -1.98. The first kappa shape index (κ1) is 6.48. The summed E-state index contributed by atoms with van der Waals surface area (Å²) in [4.78, 5) is 7.81. The van der Waals surface area contributed by atoms with E-state index in [1.165, 1.54) is 0 Å². The first-order valence-corrected chi connectivity index (χ1v) is 4.00. The highest BCUT2D eigenvalue weighted by Gasteiger charge is 1.96. The maximum atomic E-state index is 3.94. The number of hydrogen-bond donors (Lipinski definition) is 0. The van der Waals surface area contributed by atoms with Crippen molar-refractivity contribution in [3.05, 3.63) is 19.8 Å². The third-order valence-corrected chi connectivity index (χ3v) is 1.58. The molecule has 8 heavy (non-hydrogen) atoms. The minimum absolute atomic E-state index is 0.808. The highest BCUT2D eigenvalue weighted by atomic mass is 127. The van der Waals surface area contributed by atoms with Gasteiger partial charge in [-0.2, -0.15) is 0 Å². The van der Waals surface area contributed by atoms with Crippen molar-refractivity contribution in [3.63, 3.8) is 0 Å². The Morgan fingerprint density at radius 3 is 2.75 bits per heavy atom. The van der Waals surface area contributed by atoms with Crippen LogP contribution in [0.1, 0.15) is 0 Å². The van der Waals surface area contributed by atoms with E-state index in [0.29, 0.717) is 0 Å². The second-order valence-corrected chi connectivity index (χ2v) is 3.22. The molecule has 0 radical (unpaired) electrons. The molecule has 0 aliphatic heterocycles. The molecule has 0 amide bonds. The molecule has 1 aromatic heterocycles. The fraction of sp³-hybridized carbons (Fsp3) is 0. The molecule has 1 aromatic rings. The molecule has 2 nitrogen and oxygen atoms in total. The van der Waals surface area contributed by atoms with Gasteiger partial charge < -0.3 is 0 Å². The third-order valence-electron chi connectivity index (χ3n) is 0.539. The zero-order chi connectivity index (χ0) is 5.98. The summed E-state index contributed by atoms with van der Waals surface area (Å²) >= 11 is 4.15. The van der Waals surface area contributed by atoms with Gasteiger partial charge in [-0.05, 0) is 27.6 Å². The topological polar surface area (TPSA) is 27.0 Å². The Morgan fingerprint density at radius 2 is 2.38 bits per heavy atom. The molecule has 40 valence electrons. The number of aromatic nitrogens is 2. The smallest absolute Gasteiger partial charge is 0.227 e. The van der Waals surface area contributed by atoms with Crippen molar-refractivity contribution in [1.82, 2.24) is 4.98 Å². The summed E-state index contributed by atoms with van der Waals surface area (Å²) < 4.78 is 1.69. The molecule has 0 unspecified atom stereocenters. The Bertz CT molecular complexity index is 151. The molecule has 0 saturated carbocycles. The van der Waals surface area contributed by atoms with Crippen molar-refractivity contribution in [3.8, 4) is 0 Å². The van der Waals surface area contributed by atoms with E-state index < -0.39 is 0 Å². The summed E-state index contributed by atoms with van der Waals surface area (Å²) in [5, 5.41) is 0. The van der Waals surface area contributed by atoms with Crippen LogP contribution >= 0.6 is 45.2 Å². The summed E-state index contributed by atoms with van der Waals surface area (Å²) in [6, 6.07) is 0. The Kier molecular flexibility index (Phi) is 2.25. The number of nitrogens with zero attached hydrogens (tertiary/aromatic N) is 2. The zero-order valence-electron chi connectivity index (χ0n) is 3.73. The van der Waals surface area contributed by atoms with Crippen LogP contribution in [0.3, 0.4) is 0 Å². The van der Waals surface area contributed by atoms with Crippen molar-refractivity contribution in [1.29, 1.82) is 0 Å². The van der Waals surface area contributed by atoms with Crippen LogP contribution in [0.25, 0.3) is 0 Å². The molecule has 0 N–H and O–H groups in total. The normalized spacial score (nSPS) is 8.25. The number of halogens is 2. The van der Waals surface area contributed by atoms with Crippen LogP contribution in [0.5, 0.6) is 0 Å². The van der Waals surface area contributed by atoms with Gasteiger partial charge in [-0.25, -0.2) is 4.98 Å². The predicted molar refractivity (Wildman–Crippen MR) is 44.1 cm³/mol. The van der Waals surface area contributed by atoms with Gasteiger partial charge in [-0.3, -0.25) is 0 Å². The molecule has 0 aromatic carbocycles. The Labute approximate surface area is 74.4 Å². The largest absolute Gasteiger partial charge is 0.392 e. The first-order valence-electron chi connectivity index (χ1n) is 1.85. The van der Waals surface area contributed by atoms with Crippen molar-refractivity contribution < 1.29 is 4.98 Å². The van der Waals surface area contributed by atoms with Gasteiger partial charge in [0.15, 0.2) is 0 Å². The maximum Gasteiger partial charge on any atom is 0.392 e. The standard InChI is InChI=1S/C4HI2N2/c5-3-1-7-4(6)2-8-3/h1H/q+1. The van der Waals surface area contributed by atoms with Gasteiger partial charge in [0.1, 0.15) is 6.20 Å². The molecule has 0 spiro atoms. The van der Waals surface area contributed by atoms with Gasteiger partial charge in [-0.1, -0.05) is 0 Å². The number of hydrogen-bond acceptors (Lipinski definition) is 1. The SMILES string of the molecule is Ic1c#[n+]c(I)cn1. The van der Waals surface area contributed by atoms with Gasteiger partial charge in [0.2, 0.25) is 3.70 Å². The maximum absolute atomic E-state index is 3.94. The van der Waals surface area contributed by atoms with Gasteiger partial charge in [-0.15, -0.1) is 0 Å². The quantitative estimate of drug-likeness (QED) is 0.655. The lowest BCUT2D eigenvalue weighted by atomic mass is 10.8. The van der Waals surface area contributed by atoms with Crippen molar-refractivity contribution >= 4 is 45.2 Å². The molecular formula is C4HI2N2+. The molecule has 0 aliphatic rings. The lowest BCUT2D eigenvalue weighted by Gasteiger charge is -1.67. The molecule has 0 aliphatic carbocycles. The van der Waals surface area contributed by atoms with E-state index in [1.54, 1.807) is 6.20 Å². The molecule has 0 atom stereocenters. The van der Waals surface area contributed by atoms with E-state index in [4.69, 9.17) is 0 Å². The summed E-state index contributed by atoms with van der Waals surface area (Å²) in [6.45, 7) is 0. The molecule has 1 heterocycles. The minimum Gasteiger partial charge on any atom is -0.227 e. The van der Waals surface area contributed by atoms with Crippen molar-refractivity contribution in [2.45, 2.75) is 0 Å². The van der Waals surface area contributed by atoms with Crippen LogP contribution in [0.4, 0.5) is 0 Å².